The van der Waals surface area contributed by atoms with E-state index >= 15 is 0 Å². The number of aromatic nitrogens is 1. The van der Waals surface area contributed by atoms with Crippen molar-refractivity contribution in [3.63, 3.8) is 0 Å². The molecule has 0 atom stereocenters. The zero-order valence-electron chi connectivity index (χ0n) is 14.5. The summed E-state index contributed by atoms with van der Waals surface area (Å²) in [4.78, 5) is 25.0. The van der Waals surface area contributed by atoms with Crippen LogP contribution >= 0.6 is 23.2 Å². The maximum absolute atomic E-state index is 13.0. The van der Waals surface area contributed by atoms with Crippen molar-refractivity contribution in [1.82, 2.24) is 4.57 Å². The third-order valence-electron chi connectivity index (χ3n) is 4.11. The highest BCUT2D eigenvalue weighted by atomic mass is 35.5. The second-order valence-electron chi connectivity index (χ2n) is 5.97. The fraction of sp³-hybridized carbons (Fsp3) is 0.263. The molecule has 0 spiro atoms. The van der Waals surface area contributed by atoms with Gasteiger partial charge >= 0.3 is 5.97 Å². The van der Waals surface area contributed by atoms with Gasteiger partial charge in [0.2, 0.25) is 0 Å². The molecule has 0 aliphatic carbocycles. The van der Waals surface area contributed by atoms with Crippen molar-refractivity contribution in [3.8, 4) is 5.75 Å². The third-order valence-corrected chi connectivity index (χ3v) is 4.83. The van der Waals surface area contributed by atoms with Crippen LogP contribution in [0.2, 0.25) is 10.0 Å². The van der Waals surface area contributed by atoms with Crippen molar-refractivity contribution < 1.29 is 19.1 Å². The smallest absolute Gasteiger partial charge is 0.356 e. The fourth-order valence-electron chi connectivity index (χ4n) is 2.80. The molecule has 0 aliphatic rings. The minimum absolute atomic E-state index is 0.0478. The molecule has 142 valence electrons. The fourth-order valence-corrected chi connectivity index (χ4v) is 3.12. The van der Waals surface area contributed by atoms with Gasteiger partial charge in [-0.1, -0.05) is 36.5 Å². The predicted molar refractivity (Wildman–Crippen MR) is 103 cm³/mol. The van der Waals surface area contributed by atoms with Gasteiger partial charge in [0.25, 0.3) is 5.56 Å². The summed E-state index contributed by atoms with van der Waals surface area (Å²) >= 11 is 12.2. The maximum atomic E-state index is 13.0. The van der Waals surface area contributed by atoms with Gasteiger partial charge in [-0.05, 0) is 30.7 Å². The number of hydrogen-bond donors (Lipinski definition) is 1. The Morgan fingerprint density at radius 2 is 1.96 bits per heavy atom. The Kier molecular flexibility index (Phi) is 5.77. The Hall–Kier alpha value is -2.44. The van der Waals surface area contributed by atoms with Crippen LogP contribution in [0.4, 0.5) is 0 Å². The topological polar surface area (TPSA) is 81.7 Å². The molecule has 0 aliphatic heterocycles. The normalized spacial score (nSPS) is 11.1. The predicted octanol–water partition coefficient (Wildman–Crippen LogP) is 4.83. The van der Waals surface area contributed by atoms with Crippen molar-refractivity contribution in [2.75, 3.05) is 6.61 Å². The number of furan rings is 1. The lowest BCUT2D eigenvalue weighted by molar-refractivity contribution is 0.0678. The van der Waals surface area contributed by atoms with E-state index in [1.54, 1.807) is 12.1 Å². The zero-order valence-corrected chi connectivity index (χ0v) is 16.0. The van der Waals surface area contributed by atoms with Gasteiger partial charge in [-0.15, -0.1) is 0 Å². The van der Waals surface area contributed by atoms with Crippen LogP contribution in [0.25, 0.3) is 10.8 Å². The summed E-state index contributed by atoms with van der Waals surface area (Å²) in [5.41, 5.74) is -0.765. The van der Waals surface area contributed by atoms with Crippen molar-refractivity contribution in [1.29, 1.82) is 0 Å². The van der Waals surface area contributed by atoms with E-state index in [4.69, 9.17) is 32.4 Å². The van der Waals surface area contributed by atoms with Gasteiger partial charge in [0.1, 0.15) is 5.76 Å². The number of fused-ring (bicyclic) bond motifs is 1. The lowest BCUT2D eigenvalue weighted by Gasteiger charge is -2.17. The summed E-state index contributed by atoms with van der Waals surface area (Å²) in [5.74, 6) is -0.743. The number of halogens is 2. The first-order chi connectivity index (χ1) is 12.9. The molecule has 0 saturated carbocycles. The lowest BCUT2D eigenvalue weighted by atomic mass is 10.1. The maximum Gasteiger partial charge on any atom is 0.356 e. The van der Waals surface area contributed by atoms with Gasteiger partial charge in [0.15, 0.2) is 11.4 Å². The van der Waals surface area contributed by atoms with Crippen molar-refractivity contribution in [3.05, 3.63) is 62.4 Å². The molecule has 0 amide bonds. The molecule has 1 aromatic carbocycles. The minimum atomic E-state index is -1.28. The van der Waals surface area contributed by atoms with Crippen LogP contribution in [-0.4, -0.2) is 22.2 Å². The number of carboxylic acid groups (broad SMARTS) is 1. The zero-order chi connectivity index (χ0) is 19.6. The van der Waals surface area contributed by atoms with Crippen LogP contribution in [-0.2, 0) is 6.54 Å². The molecule has 2 heterocycles. The number of nitrogens with zero attached hydrogens (tertiary/aromatic N) is 1. The number of unbranched alkanes of at least 4 members (excludes halogenated alkanes) is 1. The number of rotatable bonds is 7. The number of ether oxygens (including phenoxy) is 1. The largest absolute Gasteiger partial charge is 0.490 e. The van der Waals surface area contributed by atoms with Gasteiger partial charge in [-0.25, -0.2) is 4.79 Å². The van der Waals surface area contributed by atoms with Crippen LogP contribution in [0, 0.1) is 0 Å². The summed E-state index contributed by atoms with van der Waals surface area (Å²) in [6.45, 7) is 2.26. The quantitative estimate of drug-likeness (QED) is 0.565. The molecule has 27 heavy (non-hydrogen) atoms. The molecular formula is C19H17Cl2NO5. The molecule has 0 radical (unpaired) electrons. The molecule has 0 unspecified atom stereocenters. The molecule has 0 bridgehead atoms. The first-order valence-electron chi connectivity index (χ1n) is 8.38. The average Bonchev–Trinajstić information content (AvgIpc) is 3.13. The van der Waals surface area contributed by atoms with Gasteiger partial charge in [0.05, 0.1) is 34.8 Å². The van der Waals surface area contributed by atoms with Gasteiger partial charge < -0.3 is 14.3 Å². The Bertz CT molecular complexity index is 1040. The number of carboxylic acids is 1. The van der Waals surface area contributed by atoms with Gasteiger partial charge in [-0.3, -0.25) is 9.36 Å². The van der Waals surface area contributed by atoms with E-state index in [9.17, 15) is 14.7 Å². The highest BCUT2D eigenvalue weighted by Crippen LogP contribution is 2.34. The summed E-state index contributed by atoms with van der Waals surface area (Å²) < 4.78 is 12.2. The Labute approximate surface area is 164 Å². The van der Waals surface area contributed by atoms with E-state index < -0.39 is 11.5 Å². The number of hydrogen-bond acceptors (Lipinski definition) is 4. The summed E-state index contributed by atoms with van der Waals surface area (Å²) in [7, 11) is 0. The van der Waals surface area contributed by atoms with Gasteiger partial charge in [-0.2, -0.15) is 0 Å². The number of aromatic carboxylic acids is 1. The molecule has 3 aromatic rings. The molecule has 0 fully saturated rings. The van der Waals surface area contributed by atoms with E-state index in [0.29, 0.717) is 17.8 Å². The molecule has 8 heteroatoms. The molecule has 0 saturated heterocycles. The van der Waals surface area contributed by atoms with Crippen LogP contribution < -0.4 is 10.3 Å². The third kappa shape index (κ3) is 3.82. The molecule has 3 rings (SSSR count). The first-order valence-corrected chi connectivity index (χ1v) is 9.13. The second-order valence-corrected chi connectivity index (χ2v) is 6.78. The van der Waals surface area contributed by atoms with Crippen molar-refractivity contribution in [2.24, 2.45) is 0 Å². The highest BCUT2D eigenvalue weighted by Gasteiger charge is 2.24. The van der Waals surface area contributed by atoms with Crippen LogP contribution in [0.15, 0.2) is 39.7 Å². The van der Waals surface area contributed by atoms with E-state index in [-0.39, 0.29) is 33.4 Å². The van der Waals surface area contributed by atoms with Gasteiger partial charge in [0, 0.05) is 5.39 Å². The van der Waals surface area contributed by atoms with E-state index in [0.717, 1.165) is 17.4 Å². The Morgan fingerprint density at radius 1 is 1.26 bits per heavy atom. The number of carbonyl (C=O) groups is 1. The summed E-state index contributed by atoms with van der Waals surface area (Å²) in [6, 6.07) is 6.22. The monoisotopic (exact) mass is 409 g/mol. The number of pyridine rings is 1. The van der Waals surface area contributed by atoms with Crippen molar-refractivity contribution >= 4 is 39.9 Å². The average molecular weight is 410 g/mol. The number of benzene rings is 1. The molecular weight excluding hydrogens is 393 g/mol. The van der Waals surface area contributed by atoms with E-state index in [2.05, 4.69) is 0 Å². The Morgan fingerprint density at radius 3 is 2.56 bits per heavy atom. The SMILES string of the molecule is CCCCOc1c(C(=O)O)n(Cc2ccco2)c(=O)c2cc(Cl)c(Cl)cc12. The van der Waals surface area contributed by atoms with E-state index in [1.807, 2.05) is 6.92 Å². The van der Waals surface area contributed by atoms with Crippen LogP contribution in [0.5, 0.6) is 5.75 Å². The molecule has 1 N–H and O–H groups in total. The summed E-state index contributed by atoms with van der Waals surface area (Å²) in [5, 5.41) is 10.8. The standard InChI is InChI=1S/C19H17Cl2NO5/c1-2-3-6-27-17-12-8-14(20)15(21)9-13(12)18(23)22(16(17)19(24)25)10-11-5-4-7-26-11/h4-5,7-9H,2-3,6,10H2,1H3,(H,24,25). The lowest BCUT2D eigenvalue weighted by Crippen LogP contribution is -2.28. The van der Waals surface area contributed by atoms with Crippen molar-refractivity contribution in [2.45, 2.75) is 26.3 Å². The van der Waals surface area contributed by atoms with Crippen LogP contribution in [0.1, 0.15) is 36.0 Å². The summed E-state index contributed by atoms with van der Waals surface area (Å²) in [6.07, 6.45) is 3.06. The van der Waals surface area contributed by atoms with E-state index in [1.165, 1.54) is 18.4 Å². The first kappa shape index (κ1) is 19.3. The molecule has 6 nitrogen and oxygen atoms in total. The van der Waals surface area contributed by atoms with Crippen LogP contribution in [0.3, 0.4) is 0 Å². The second kappa shape index (κ2) is 8.06. The molecule has 2 aromatic heterocycles. The Balaban J connectivity index is 2.32. The highest BCUT2D eigenvalue weighted by molar-refractivity contribution is 6.42. The minimum Gasteiger partial charge on any atom is -0.490 e.